The van der Waals surface area contributed by atoms with Crippen molar-refractivity contribution in [3.8, 4) is 5.75 Å². The second-order valence-corrected chi connectivity index (χ2v) is 7.75. The zero-order chi connectivity index (χ0) is 22.8. The molecule has 1 saturated heterocycles. The SMILES string of the molecule is CCOc1ccc(/C(O)=C2\C(=O)C(=O)N(c3ccc(C)c(Cl)c3)C2c2cccnc2)cc1. The van der Waals surface area contributed by atoms with Crippen LogP contribution in [0.5, 0.6) is 5.75 Å². The molecule has 0 aliphatic carbocycles. The van der Waals surface area contributed by atoms with Gasteiger partial charge < -0.3 is 9.84 Å². The number of rotatable bonds is 5. The number of Topliss-reactive ketones (excluding diaryl/α,β-unsaturated/α-hetero) is 1. The lowest BCUT2D eigenvalue weighted by Crippen LogP contribution is -2.29. The summed E-state index contributed by atoms with van der Waals surface area (Å²) in [4.78, 5) is 31.7. The van der Waals surface area contributed by atoms with Gasteiger partial charge in [-0.25, -0.2) is 0 Å². The number of hydrogen-bond acceptors (Lipinski definition) is 5. The van der Waals surface area contributed by atoms with Crippen LogP contribution < -0.4 is 9.64 Å². The Morgan fingerprint density at radius 3 is 2.53 bits per heavy atom. The summed E-state index contributed by atoms with van der Waals surface area (Å²) in [6, 6.07) is 14.5. The monoisotopic (exact) mass is 448 g/mol. The summed E-state index contributed by atoms with van der Waals surface area (Å²) in [7, 11) is 0. The van der Waals surface area contributed by atoms with Crippen molar-refractivity contribution in [2.75, 3.05) is 11.5 Å². The maximum absolute atomic E-state index is 13.1. The lowest BCUT2D eigenvalue weighted by molar-refractivity contribution is -0.132. The molecule has 0 saturated carbocycles. The van der Waals surface area contributed by atoms with Crippen molar-refractivity contribution in [3.05, 3.63) is 94.3 Å². The molecule has 1 amide bonds. The van der Waals surface area contributed by atoms with Crippen LogP contribution >= 0.6 is 11.6 Å². The van der Waals surface area contributed by atoms with Crippen LogP contribution in [0.3, 0.4) is 0 Å². The van der Waals surface area contributed by atoms with Crippen LogP contribution in [-0.2, 0) is 9.59 Å². The maximum Gasteiger partial charge on any atom is 0.300 e. The predicted octanol–water partition coefficient (Wildman–Crippen LogP) is 5.07. The third-order valence-corrected chi connectivity index (χ3v) is 5.72. The number of aryl methyl sites for hydroxylation is 1. The van der Waals surface area contributed by atoms with Crippen LogP contribution in [0.1, 0.15) is 29.7 Å². The number of amides is 1. The van der Waals surface area contributed by atoms with E-state index in [1.54, 1.807) is 67.0 Å². The highest BCUT2D eigenvalue weighted by Gasteiger charge is 2.47. The number of anilines is 1. The highest BCUT2D eigenvalue weighted by atomic mass is 35.5. The van der Waals surface area contributed by atoms with Crippen molar-refractivity contribution < 1.29 is 19.4 Å². The van der Waals surface area contributed by atoms with E-state index < -0.39 is 17.7 Å². The van der Waals surface area contributed by atoms with Crippen molar-refractivity contribution in [2.24, 2.45) is 0 Å². The normalized spacial score (nSPS) is 17.6. The van der Waals surface area contributed by atoms with Crippen LogP contribution in [0.25, 0.3) is 5.76 Å². The molecule has 3 aromatic rings. The van der Waals surface area contributed by atoms with Gasteiger partial charge in [0.15, 0.2) is 0 Å². The highest BCUT2D eigenvalue weighted by molar-refractivity contribution is 6.51. The number of carbonyl (C=O) groups excluding carboxylic acids is 2. The molecule has 0 bridgehead atoms. The number of hydrogen-bond donors (Lipinski definition) is 1. The quantitative estimate of drug-likeness (QED) is 0.335. The molecule has 0 spiro atoms. The van der Waals surface area contributed by atoms with Gasteiger partial charge in [0.1, 0.15) is 11.5 Å². The van der Waals surface area contributed by atoms with Gasteiger partial charge in [-0.1, -0.05) is 23.7 Å². The number of aliphatic hydroxyl groups is 1. The van der Waals surface area contributed by atoms with E-state index in [9.17, 15) is 14.7 Å². The third kappa shape index (κ3) is 3.85. The number of nitrogens with zero attached hydrogens (tertiary/aromatic N) is 2. The number of ketones is 1. The standard InChI is InChI=1S/C25H21ClN2O4/c1-3-32-19-10-7-16(8-11-19)23(29)21-22(17-5-4-12-27-14-17)28(25(31)24(21)30)18-9-6-15(2)20(26)13-18/h4-14,22,29H,3H2,1-2H3/b23-21+. The van der Waals surface area contributed by atoms with Gasteiger partial charge in [0.2, 0.25) is 0 Å². The van der Waals surface area contributed by atoms with Crippen molar-refractivity contribution in [2.45, 2.75) is 19.9 Å². The van der Waals surface area contributed by atoms with Crippen molar-refractivity contribution in [1.82, 2.24) is 4.98 Å². The summed E-state index contributed by atoms with van der Waals surface area (Å²) in [6.45, 7) is 4.24. The van der Waals surface area contributed by atoms with Gasteiger partial charge in [-0.3, -0.25) is 19.5 Å². The Morgan fingerprint density at radius 2 is 1.91 bits per heavy atom. The fraction of sp³-hybridized carbons (Fsp3) is 0.160. The molecule has 0 radical (unpaired) electrons. The van der Waals surface area contributed by atoms with E-state index in [1.807, 2.05) is 13.8 Å². The van der Waals surface area contributed by atoms with Crippen LogP contribution in [-0.4, -0.2) is 28.4 Å². The minimum absolute atomic E-state index is 0.0103. The van der Waals surface area contributed by atoms with E-state index in [1.165, 1.54) is 4.90 Å². The second-order valence-electron chi connectivity index (χ2n) is 7.35. The Balaban J connectivity index is 1.88. The summed E-state index contributed by atoms with van der Waals surface area (Å²) >= 11 is 6.30. The average molecular weight is 449 g/mol. The molecular formula is C25H21ClN2O4. The first kappa shape index (κ1) is 21.6. The van der Waals surface area contributed by atoms with E-state index in [4.69, 9.17) is 16.3 Å². The molecule has 1 aliphatic rings. The lowest BCUT2D eigenvalue weighted by atomic mass is 9.96. The van der Waals surface area contributed by atoms with Crippen LogP contribution in [0.15, 0.2) is 72.6 Å². The van der Waals surface area contributed by atoms with Gasteiger partial charge in [-0.15, -0.1) is 0 Å². The smallest absolute Gasteiger partial charge is 0.300 e. The maximum atomic E-state index is 13.1. The number of aromatic nitrogens is 1. The van der Waals surface area contributed by atoms with Crippen molar-refractivity contribution >= 4 is 34.7 Å². The summed E-state index contributed by atoms with van der Waals surface area (Å²) in [5.74, 6) is -1.14. The van der Waals surface area contributed by atoms with Gasteiger partial charge in [0.05, 0.1) is 18.2 Å². The van der Waals surface area contributed by atoms with Crippen LogP contribution in [0, 0.1) is 6.92 Å². The molecule has 6 nitrogen and oxygen atoms in total. The number of pyridine rings is 1. The zero-order valence-electron chi connectivity index (χ0n) is 17.6. The Morgan fingerprint density at radius 1 is 1.16 bits per heavy atom. The highest BCUT2D eigenvalue weighted by Crippen LogP contribution is 2.42. The molecule has 32 heavy (non-hydrogen) atoms. The molecule has 1 N–H and O–H groups in total. The zero-order valence-corrected chi connectivity index (χ0v) is 18.3. The Labute approximate surface area is 190 Å². The van der Waals surface area contributed by atoms with Crippen LogP contribution in [0.2, 0.25) is 5.02 Å². The van der Waals surface area contributed by atoms with Gasteiger partial charge in [-0.2, -0.15) is 0 Å². The van der Waals surface area contributed by atoms with E-state index in [2.05, 4.69) is 4.98 Å². The Bertz CT molecular complexity index is 1210. The van der Waals surface area contributed by atoms with Gasteiger partial charge in [-0.05, 0) is 67.4 Å². The van der Waals surface area contributed by atoms with Gasteiger partial charge in [0.25, 0.3) is 11.7 Å². The van der Waals surface area contributed by atoms with Gasteiger partial charge >= 0.3 is 0 Å². The molecule has 4 rings (SSSR count). The fourth-order valence-electron chi connectivity index (χ4n) is 3.71. The lowest BCUT2D eigenvalue weighted by Gasteiger charge is -2.25. The molecule has 2 aromatic carbocycles. The average Bonchev–Trinajstić information content (AvgIpc) is 3.07. The molecule has 2 heterocycles. The molecule has 1 aliphatic heterocycles. The van der Waals surface area contributed by atoms with Gasteiger partial charge in [0, 0.05) is 28.7 Å². The molecule has 1 fully saturated rings. The van der Waals surface area contributed by atoms with Crippen molar-refractivity contribution in [1.29, 1.82) is 0 Å². The van der Waals surface area contributed by atoms with E-state index >= 15 is 0 Å². The predicted molar refractivity (Wildman–Crippen MR) is 123 cm³/mol. The molecule has 7 heteroatoms. The topological polar surface area (TPSA) is 79.7 Å². The first-order valence-corrected chi connectivity index (χ1v) is 10.5. The Kier molecular flexibility index (Phi) is 5.97. The number of ether oxygens (including phenoxy) is 1. The number of halogens is 1. The Hall–Kier alpha value is -3.64. The number of aliphatic hydroxyl groups excluding tert-OH is 1. The second kappa shape index (κ2) is 8.85. The van der Waals surface area contributed by atoms with E-state index in [0.29, 0.717) is 34.2 Å². The van der Waals surface area contributed by atoms with Crippen LogP contribution in [0.4, 0.5) is 5.69 Å². The first-order chi connectivity index (χ1) is 15.4. The summed E-state index contributed by atoms with van der Waals surface area (Å²) in [5, 5.41) is 11.6. The summed E-state index contributed by atoms with van der Waals surface area (Å²) in [6.07, 6.45) is 3.18. The molecule has 162 valence electrons. The summed E-state index contributed by atoms with van der Waals surface area (Å²) < 4.78 is 5.44. The molecular weight excluding hydrogens is 428 g/mol. The van der Waals surface area contributed by atoms with E-state index in [-0.39, 0.29) is 11.3 Å². The number of carbonyl (C=O) groups is 2. The third-order valence-electron chi connectivity index (χ3n) is 5.32. The first-order valence-electron chi connectivity index (χ1n) is 10.1. The van der Waals surface area contributed by atoms with Crippen molar-refractivity contribution in [3.63, 3.8) is 0 Å². The molecule has 1 unspecified atom stereocenters. The number of benzene rings is 2. The fourth-order valence-corrected chi connectivity index (χ4v) is 3.89. The largest absolute Gasteiger partial charge is 0.507 e. The minimum atomic E-state index is -0.853. The molecule has 1 aromatic heterocycles. The minimum Gasteiger partial charge on any atom is -0.507 e. The van der Waals surface area contributed by atoms with E-state index in [0.717, 1.165) is 5.56 Å². The summed E-state index contributed by atoms with van der Waals surface area (Å²) in [5.41, 5.74) is 2.30. The molecule has 1 atom stereocenters.